The minimum Gasteiger partial charge on any atom is -0.326 e. The van der Waals surface area contributed by atoms with Crippen LogP contribution in [0.15, 0.2) is 34.5 Å². The monoisotopic (exact) mass is 330 g/mol. The number of rotatable bonds is 5. The summed E-state index contributed by atoms with van der Waals surface area (Å²) in [4.78, 5) is 0.878. The summed E-state index contributed by atoms with van der Waals surface area (Å²) < 4.78 is 27.3. The normalized spacial score (nSPS) is 11.8. The lowest BCUT2D eigenvalue weighted by molar-refractivity contribution is 0.583. The molecule has 0 saturated carbocycles. The molecule has 0 aliphatic heterocycles. The van der Waals surface area contributed by atoms with Gasteiger partial charge in [-0.1, -0.05) is 29.8 Å². The third kappa shape index (κ3) is 3.39. The molecule has 0 bridgehead atoms. The highest BCUT2D eigenvalue weighted by Crippen LogP contribution is 2.25. The number of aryl methyl sites for hydroxylation is 1. The van der Waals surface area contributed by atoms with Gasteiger partial charge in [0.2, 0.25) is 10.0 Å². The Balaban J connectivity index is 2.17. The smallest absolute Gasteiger partial charge is 0.250 e. The second-order valence-electron chi connectivity index (χ2n) is 4.29. The topological polar surface area (TPSA) is 72.2 Å². The van der Waals surface area contributed by atoms with Gasteiger partial charge in [-0.3, -0.25) is 0 Å². The minimum atomic E-state index is -3.53. The summed E-state index contributed by atoms with van der Waals surface area (Å²) in [5, 5.41) is 0.542. The molecule has 3 N–H and O–H groups in total. The Labute approximate surface area is 127 Å². The zero-order valence-corrected chi connectivity index (χ0v) is 13.3. The predicted molar refractivity (Wildman–Crippen MR) is 82.4 cm³/mol. The van der Waals surface area contributed by atoms with Crippen LogP contribution in [0.1, 0.15) is 16.0 Å². The first-order valence-corrected chi connectivity index (χ1v) is 8.64. The summed E-state index contributed by atoms with van der Waals surface area (Å²) in [7, 11) is -3.53. The van der Waals surface area contributed by atoms with E-state index >= 15 is 0 Å². The molecule has 0 atom stereocenters. The maximum atomic E-state index is 12.2. The average molecular weight is 331 g/mol. The molecule has 0 radical (unpaired) electrons. The van der Waals surface area contributed by atoms with Crippen LogP contribution >= 0.6 is 22.9 Å². The zero-order chi connectivity index (χ0) is 14.8. The van der Waals surface area contributed by atoms with Gasteiger partial charge in [0, 0.05) is 23.0 Å². The van der Waals surface area contributed by atoms with E-state index in [9.17, 15) is 8.42 Å². The molecule has 0 amide bonds. The van der Waals surface area contributed by atoms with Crippen molar-refractivity contribution < 1.29 is 8.42 Å². The molecule has 0 unspecified atom stereocenters. The second kappa shape index (κ2) is 6.24. The van der Waals surface area contributed by atoms with Crippen molar-refractivity contribution in [1.82, 2.24) is 4.72 Å². The van der Waals surface area contributed by atoms with Crippen LogP contribution in [-0.4, -0.2) is 8.42 Å². The highest BCUT2D eigenvalue weighted by atomic mass is 35.5. The Hall–Kier alpha value is -0.920. The second-order valence-corrected chi connectivity index (χ2v) is 7.83. The van der Waals surface area contributed by atoms with Crippen molar-refractivity contribution in [2.24, 2.45) is 5.73 Å². The number of nitrogens with one attached hydrogen (secondary N) is 1. The first-order valence-electron chi connectivity index (χ1n) is 5.96. The molecule has 0 aliphatic rings. The SMILES string of the molecule is Cc1cc(S(=O)(=O)NCc2ccccc2Cl)sc1CN. The summed E-state index contributed by atoms with van der Waals surface area (Å²) in [6.45, 7) is 2.36. The van der Waals surface area contributed by atoms with Crippen molar-refractivity contribution in [3.63, 3.8) is 0 Å². The lowest BCUT2D eigenvalue weighted by atomic mass is 10.2. The Bertz CT molecular complexity index is 711. The van der Waals surface area contributed by atoms with Crippen LogP contribution in [0.5, 0.6) is 0 Å². The van der Waals surface area contributed by atoms with Gasteiger partial charge in [0.1, 0.15) is 4.21 Å². The Morgan fingerprint density at radius 2 is 2.05 bits per heavy atom. The third-order valence-corrected chi connectivity index (χ3v) is 6.36. The van der Waals surface area contributed by atoms with Gasteiger partial charge < -0.3 is 5.73 Å². The maximum absolute atomic E-state index is 12.2. The zero-order valence-electron chi connectivity index (χ0n) is 10.9. The number of thiophene rings is 1. The van der Waals surface area contributed by atoms with Gasteiger partial charge in [-0.05, 0) is 30.2 Å². The van der Waals surface area contributed by atoms with Crippen LogP contribution < -0.4 is 10.5 Å². The molecule has 1 aromatic heterocycles. The summed E-state index contributed by atoms with van der Waals surface area (Å²) in [5.41, 5.74) is 7.21. The Kier molecular flexibility index (Phi) is 4.82. The molecule has 2 rings (SSSR count). The molecular weight excluding hydrogens is 316 g/mol. The van der Waals surface area contributed by atoms with Gasteiger partial charge in [0.15, 0.2) is 0 Å². The van der Waals surface area contributed by atoms with Crippen LogP contribution in [0.4, 0.5) is 0 Å². The molecule has 2 aromatic rings. The van der Waals surface area contributed by atoms with Gasteiger partial charge in [-0.2, -0.15) is 0 Å². The van der Waals surface area contributed by atoms with Crippen LogP contribution in [0.2, 0.25) is 5.02 Å². The van der Waals surface area contributed by atoms with Crippen molar-refractivity contribution in [3.8, 4) is 0 Å². The van der Waals surface area contributed by atoms with Gasteiger partial charge in [0.05, 0.1) is 0 Å². The molecule has 20 heavy (non-hydrogen) atoms. The number of benzene rings is 1. The predicted octanol–water partition coefficient (Wildman–Crippen LogP) is 2.65. The van der Waals surface area contributed by atoms with Gasteiger partial charge in [-0.25, -0.2) is 13.1 Å². The minimum absolute atomic E-state index is 0.164. The highest BCUT2D eigenvalue weighted by Gasteiger charge is 2.18. The fourth-order valence-electron chi connectivity index (χ4n) is 1.71. The van der Waals surface area contributed by atoms with Crippen LogP contribution in [0.3, 0.4) is 0 Å². The first kappa shape index (κ1) is 15.5. The maximum Gasteiger partial charge on any atom is 0.250 e. The van der Waals surface area contributed by atoms with E-state index in [0.29, 0.717) is 11.6 Å². The lowest BCUT2D eigenvalue weighted by Crippen LogP contribution is -2.22. The number of nitrogens with two attached hydrogens (primary N) is 1. The standard InChI is InChI=1S/C13H15ClN2O2S2/c1-9-6-13(19-12(9)7-15)20(17,18)16-8-10-4-2-3-5-11(10)14/h2-6,16H,7-8,15H2,1H3. The fourth-order valence-corrected chi connectivity index (χ4v) is 4.43. The molecule has 4 nitrogen and oxygen atoms in total. The quantitative estimate of drug-likeness (QED) is 0.885. The van der Waals surface area contributed by atoms with Crippen molar-refractivity contribution >= 4 is 33.0 Å². The van der Waals surface area contributed by atoms with E-state index in [1.807, 2.05) is 13.0 Å². The van der Waals surface area contributed by atoms with Gasteiger partial charge in [0.25, 0.3) is 0 Å². The number of hydrogen-bond acceptors (Lipinski definition) is 4. The molecule has 0 spiro atoms. The van der Waals surface area contributed by atoms with Crippen LogP contribution in [-0.2, 0) is 23.1 Å². The molecule has 1 aromatic carbocycles. The number of hydrogen-bond donors (Lipinski definition) is 2. The average Bonchev–Trinajstić information content (AvgIpc) is 2.80. The summed E-state index contributed by atoms with van der Waals surface area (Å²) >= 11 is 7.20. The van der Waals surface area contributed by atoms with Gasteiger partial charge in [-0.15, -0.1) is 11.3 Å². The molecule has 108 valence electrons. The molecule has 0 saturated heterocycles. The van der Waals surface area contributed by atoms with E-state index in [0.717, 1.165) is 16.0 Å². The number of halogens is 1. The highest BCUT2D eigenvalue weighted by molar-refractivity contribution is 7.91. The van der Waals surface area contributed by atoms with E-state index in [4.69, 9.17) is 17.3 Å². The Morgan fingerprint density at radius 3 is 2.65 bits per heavy atom. The summed E-state index contributed by atoms with van der Waals surface area (Å²) in [6.07, 6.45) is 0. The van der Waals surface area contributed by atoms with Crippen LogP contribution in [0, 0.1) is 6.92 Å². The molecule has 1 heterocycles. The molecular formula is C13H15ClN2O2S2. The molecule has 0 aliphatic carbocycles. The van der Waals surface area contributed by atoms with Gasteiger partial charge >= 0.3 is 0 Å². The number of sulfonamides is 1. The van der Waals surface area contributed by atoms with E-state index < -0.39 is 10.0 Å². The van der Waals surface area contributed by atoms with Crippen LogP contribution in [0.25, 0.3) is 0 Å². The molecule has 0 fully saturated rings. The van der Waals surface area contributed by atoms with E-state index in [1.165, 1.54) is 11.3 Å². The lowest BCUT2D eigenvalue weighted by Gasteiger charge is -2.06. The third-order valence-electron chi connectivity index (χ3n) is 2.86. The summed E-state index contributed by atoms with van der Waals surface area (Å²) in [6, 6.07) is 8.78. The van der Waals surface area contributed by atoms with Crippen molar-refractivity contribution in [2.75, 3.05) is 0 Å². The van der Waals surface area contributed by atoms with E-state index in [1.54, 1.807) is 24.3 Å². The van der Waals surface area contributed by atoms with Crippen molar-refractivity contribution in [3.05, 3.63) is 51.4 Å². The first-order chi connectivity index (χ1) is 9.44. The van der Waals surface area contributed by atoms with E-state index in [-0.39, 0.29) is 10.8 Å². The fraction of sp³-hybridized carbons (Fsp3) is 0.231. The largest absolute Gasteiger partial charge is 0.326 e. The summed E-state index contributed by atoms with van der Waals surface area (Å²) in [5.74, 6) is 0. The molecule has 7 heteroatoms. The Morgan fingerprint density at radius 1 is 1.35 bits per heavy atom. The van der Waals surface area contributed by atoms with Crippen molar-refractivity contribution in [1.29, 1.82) is 0 Å². The van der Waals surface area contributed by atoms with Crippen molar-refractivity contribution in [2.45, 2.75) is 24.2 Å². The van der Waals surface area contributed by atoms with E-state index in [2.05, 4.69) is 4.72 Å².